The van der Waals surface area contributed by atoms with Gasteiger partial charge in [0, 0.05) is 12.4 Å². The van der Waals surface area contributed by atoms with Crippen LogP contribution >= 0.6 is 0 Å². The van der Waals surface area contributed by atoms with E-state index in [9.17, 15) is 23.1 Å². The molecule has 1 unspecified atom stereocenters. The van der Waals surface area contributed by atoms with E-state index in [0.29, 0.717) is 6.42 Å². The Balaban J connectivity index is -0.00000146. The predicted molar refractivity (Wildman–Crippen MR) is 104 cm³/mol. The molecule has 0 aliphatic carbocycles. The van der Waals surface area contributed by atoms with Crippen molar-refractivity contribution >= 4 is 22.1 Å². The number of unbranched alkanes of at least 4 members (excludes halogenated alkanes) is 9. The molecule has 0 bridgehead atoms. The molecule has 0 aromatic rings. The average molecular weight is 431 g/mol. The van der Waals surface area contributed by atoms with Crippen LogP contribution in [0.2, 0.25) is 0 Å². The average Bonchev–Trinajstić information content (AvgIpc) is 2.57. The van der Waals surface area contributed by atoms with Crippen LogP contribution < -0.4 is 34.7 Å². The molecule has 7 nitrogen and oxygen atoms in total. The summed E-state index contributed by atoms with van der Waals surface area (Å²) < 4.78 is 35.5. The number of esters is 1. The second-order valence-electron chi connectivity index (χ2n) is 6.34. The van der Waals surface area contributed by atoms with Gasteiger partial charge in [0.2, 0.25) is 0 Å². The van der Waals surface area contributed by atoms with E-state index in [1.54, 1.807) is 6.08 Å². The van der Waals surface area contributed by atoms with Crippen molar-refractivity contribution in [1.29, 1.82) is 0 Å². The van der Waals surface area contributed by atoms with Crippen LogP contribution in [0.1, 0.15) is 84.5 Å². The van der Waals surface area contributed by atoms with E-state index >= 15 is 0 Å². The number of rotatable bonds is 15. The van der Waals surface area contributed by atoms with Crippen molar-refractivity contribution in [2.24, 2.45) is 0 Å². The predicted octanol–water partition coefficient (Wildman–Crippen LogP) is 0.0432. The zero-order valence-electron chi connectivity index (χ0n) is 17.7. The van der Waals surface area contributed by atoms with E-state index in [1.165, 1.54) is 38.5 Å². The molecule has 0 saturated carbocycles. The van der Waals surface area contributed by atoms with E-state index < -0.39 is 33.7 Å². The van der Waals surface area contributed by atoms with Crippen LogP contribution in [0.15, 0.2) is 12.7 Å². The van der Waals surface area contributed by atoms with E-state index in [0.717, 1.165) is 19.3 Å². The SMILES string of the molecule is C=CC.CCCCCCCCCCCCOC(=O)C(CC(=O)[O-])S(=O)(=O)O.[Na+]. The Labute approximate surface area is 192 Å². The van der Waals surface area contributed by atoms with Gasteiger partial charge in [-0.25, -0.2) is 0 Å². The van der Waals surface area contributed by atoms with E-state index in [4.69, 9.17) is 9.29 Å². The van der Waals surface area contributed by atoms with Crippen molar-refractivity contribution < 1.29 is 62.0 Å². The zero-order chi connectivity index (χ0) is 21.1. The monoisotopic (exact) mass is 430 g/mol. The normalized spacial score (nSPS) is 11.4. The fraction of sp³-hybridized carbons (Fsp3) is 0.789. The smallest absolute Gasteiger partial charge is 0.550 e. The molecular weight excluding hydrogens is 395 g/mol. The van der Waals surface area contributed by atoms with Crippen molar-refractivity contribution in [3.05, 3.63) is 12.7 Å². The van der Waals surface area contributed by atoms with Gasteiger partial charge in [-0.2, -0.15) is 8.42 Å². The van der Waals surface area contributed by atoms with E-state index in [1.807, 2.05) is 6.92 Å². The van der Waals surface area contributed by atoms with Gasteiger partial charge in [0.15, 0.2) is 5.25 Å². The van der Waals surface area contributed by atoms with Crippen molar-refractivity contribution in [2.45, 2.75) is 89.7 Å². The molecule has 0 aromatic carbocycles. The van der Waals surface area contributed by atoms with Gasteiger partial charge in [0.1, 0.15) is 0 Å². The van der Waals surface area contributed by atoms with Crippen molar-refractivity contribution in [3.8, 4) is 0 Å². The Morgan fingerprint density at radius 3 is 1.79 bits per heavy atom. The van der Waals surface area contributed by atoms with Crippen LogP contribution in [-0.4, -0.2) is 36.8 Å². The number of hydrogen-bond donors (Lipinski definition) is 1. The number of carbonyl (C=O) groups excluding carboxylic acids is 2. The molecular formula is C19H35NaO7S. The molecule has 1 atom stereocenters. The molecule has 160 valence electrons. The Morgan fingerprint density at radius 2 is 1.43 bits per heavy atom. The largest absolute Gasteiger partial charge is 1.00 e. The van der Waals surface area contributed by atoms with Gasteiger partial charge < -0.3 is 14.6 Å². The molecule has 0 radical (unpaired) electrons. The number of hydrogen-bond acceptors (Lipinski definition) is 6. The molecule has 9 heteroatoms. The van der Waals surface area contributed by atoms with E-state index in [-0.39, 0.29) is 36.2 Å². The molecule has 0 aliphatic rings. The summed E-state index contributed by atoms with van der Waals surface area (Å²) in [4.78, 5) is 22.0. The first kappa shape index (κ1) is 32.3. The molecule has 0 fully saturated rings. The first-order valence-electron chi connectivity index (χ1n) is 9.60. The standard InChI is InChI=1S/C16H30O7S.C3H6.Na/c1-2-3-4-5-6-7-8-9-10-11-12-23-16(19)14(13-15(17)18)24(20,21)22;1-3-2;/h14H,2-13H2,1H3,(H,17,18)(H,20,21,22);3H,1H2,2H3;/q;;+1/p-1. The van der Waals surface area contributed by atoms with Gasteiger partial charge in [0.05, 0.1) is 6.61 Å². The van der Waals surface area contributed by atoms with Gasteiger partial charge in [-0.1, -0.05) is 70.8 Å². The summed E-state index contributed by atoms with van der Waals surface area (Å²) in [6.07, 6.45) is 11.7. The summed E-state index contributed by atoms with van der Waals surface area (Å²) in [6.45, 7) is 7.44. The maximum Gasteiger partial charge on any atom is 1.00 e. The number of ether oxygens (including phenoxy) is 1. The fourth-order valence-corrected chi connectivity index (χ4v) is 2.97. The van der Waals surface area contributed by atoms with Crippen molar-refractivity contribution in [3.63, 3.8) is 0 Å². The summed E-state index contributed by atoms with van der Waals surface area (Å²) >= 11 is 0. The maximum absolute atomic E-state index is 11.5. The Morgan fingerprint density at radius 1 is 1.04 bits per heavy atom. The Kier molecular flexibility index (Phi) is 24.5. The molecule has 0 spiro atoms. The minimum atomic E-state index is -4.82. The maximum atomic E-state index is 11.5. The molecule has 0 saturated heterocycles. The third-order valence-electron chi connectivity index (χ3n) is 3.72. The second-order valence-corrected chi connectivity index (χ2v) is 7.94. The van der Waals surface area contributed by atoms with Crippen molar-refractivity contribution in [1.82, 2.24) is 0 Å². The summed E-state index contributed by atoms with van der Waals surface area (Å²) in [5.74, 6) is -2.99. The van der Waals surface area contributed by atoms with Crippen molar-refractivity contribution in [2.75, 3.05) is 6.61 Å². The summed E-state index contributed by atoms with van der Waals surface area (Å²) in [5, 5.41) is 8.31. The van der Waals surface area contributed by atoms with Crippen LogP contribution in [-0.2, 0) is 24.4 Å². The fourth-order valence-electron chi connectivity index (χ4n) is 2.32. The van der Waals surface area contributed by atoms with Crippen LogP contribution in [0.25, 0.3) is 0 Å². The van der Waals surface area contributed by atoms with E-state index in [2.05, 4.69) is 13.5 Å². The zero-order valence-corrected chi connectivity index (χ0v) is 20.5. The summed E-state index contributed by atoms with van der Waals surface area (Å²) in [5.41, 5.74) is 0. The number of carbonyl (C=O) groups is 2. The summed E-state index contributed by atoms with van der Waals surface area (Å²) in [7, 11) is -4.82. The number of carboxylic acid groups (broad SMARTS) is 1. The van der Waals surface area contributed by atoms with Gasteiger partial charge in [-0.3, -0.25) is 9.35 Å². The molecule has 0 aromatic heterocycles. The molecule has 0 amide bonds. The number of carboxylic acids is 1. The van der Waals surface area contributed by atoms with Gasteiger partial charge in [-0.05, 0) is 13.3 Å². The van der Waals surface area contributed by atoms with Crippen LogP contribution in [0, 0.1) is 0 Å². The first-order valence-corrected chi connectivity index (χ1v) is 11.1. The Bertz CT molecular complexity index is 506. The van der Waals surface area contributed by atoms with Gasteiger partial charge >= 0.3 is 35.5 Å². The minimum absolute atomic E-state index is 0. The van der Waals surface area contributed by atoms with Gasteiger partial charge in [-0.15, -0.1) is 6.58 Å². The Hall–Kier alpha value is -0.410. The molecule has 1 N–H and O–H groups in total. The van der Waals surface area contributed by atoms with Crippen LogP contribution in [0.4, 0.5) is 0 Å². The molecule has 28 heavy (non-hydrogen) atoms. The van der Waals surface area contributed by atoms with Crippen LogP contribution in [0.5, 0.6) is 0 Å². The molecule has 0 aliphatic heterocycles. The topological polar surface area (TPSA) is 121 Å². The number of allylic oxidation sites excluding steroid dienone is 1. The van der Waals surface area contributed by atoms with Gasteiger partial charge in [0.25, 0.3) is 10.1 Å². The third kappa shape index (κ3) is 21.9. The second kappa shape index (κ2) is 21.3. The molecule has 0 heterocycles. The number of aliphatic carboxylic acids is 1. The summed E-state index contributed by atoms with van der Waals surface area (Å²) in [6, 6.07) is 0. The quantitative estimate of drug-likeness (QED) is 0.128. The third-order valence-corrected chi connectivity index (χ3v) is 4.79. The molecule has 0 rings (SSSR count). The van der Waals surface area contributed by atoms with Crippen LogP contribution in [0.3, 0.4) is 0 Å². The first-order chi connectivity index (χ1) is 12.7. The minimum Gasteiger partial charge on any atom is -0.550 e.